The standard InChI is InChI=1S/C13H19NO2S/c1-4-5-12(14-11(2)17-3)13(10-15)6-8-16-9-7-13/h4-5,10H,2,6-9H2,1,3H3/b5-4-,14-12?. The van der Waals surface area contributed by atoms with Crippen LogP contribution in [-0.2, 0) is 9.53 Å². The zero-order valence-corrected chi connectivity index (χ0v) is 11.3. The molecule has 0 aromatic rings. The van der Waals surface area contributed by atoms with Gasteiger partial charge in [-0.3, -0.25) is 0 Å². The van der Waals surface area contributed by atoms with Gasteiger partial charge in [-0.05, 0) is 32.1 Å². The number of thioether (sulfide) groups is 1. The van der Waals surface area contributed by atoms with Crippen LogP contribution < -0.4 is 0 Å². The van der Waals surface area contributed by atoms with E-state index < -0.39 is 5.41 Å². The van der Waals surface area contributed by atoms with Crippen molar-refractivity contribution in [2.75, 3.05) is 19.5 Å². The first-order valence-electron chi connectivity index (χ1n) is 5.67. The number of ether oxygens (including phenoxy) is 1. The molecule has 3 nitrogen and oxygen atoms in total. The van der Waals surface area contributed by atoms with Gasteiger partial charge in [0.25, 0.3) is 0 Å². The molecule has 0 aliphatic carbocycles. The number of hydrogen-bond acceptors (Lipinski definition) is 4. The Hall–Kier alpha value is -0.870. The van der Waals surface area contributed by atoms with E-state index in [4.69, 9.17) is 4.74 Å². The lowest BCUT2D eigenvalue weighted by atomic mass is 9.77. The van der Waals surface area contributed by atoms with E-state index in [1.54, 1.807) is 0 Å². The average molecular weight is 253 g/mol. The SMILES string of the molecule is C=C(N=C(/C=C\C)C1(C=O)CCOCC1)SC. The molecule has 0 radical (unpaired) electrons. The highest BCUT2D eigenvalue weighted by atomic mass is 32.2. The van der Waals surface area contributed by atoms with Crippen LogP contribution in [0.15, 0.2) is 28.8 Å². The molecule has 1 saturated heterocycles. The second-order valence-corrected chi connectivity index (χ2v) is 4.86. The lowest BCUT2D eigenvalue weighted by molar-refractivity contribution is -0.116. The molecule has 17 heavy (non-hydrogen) atoms. The van der Waals surface area contributed by atoms with E-state index in [0.717, 1.165) is 17.0 Å². The number of aliphatic imine (C=N–C) groups is 1. The number of hydrogen-bond donors (Lipinski definition) is 0. The summed E-state index contributed by atoms with van der Waals surface area (Å²) in [5.41, 5.74) is 0.307. The molecule has 1 aliphatic rings. The zero-order chi connectivity index (χ0) is 12.7. The molecule has 1 rings (SSSR count). The summed E-state index contributed by atoms with van der Waals surface area (Å²) in [5.74, 6) is 0. The molecule has 94 valence electrons. The van der Waals surface area contributed by atoms with Crippen molar-refractivity contribution in [2.45, 2.75) is 19.8 Å². The van der Waals surface area contributed by atoms with E-state index in [-0.39, 0.29) is 0 Å². The van der Waals surface area contributed by atoms with Gasteiger partial charge in [-0.15, -0.1) is 11.8 Å². The first-order chi connectivity index (χ1) is 8.18. The van der Waals surface area contributed by atoms with Crippen LogP contribution in [0.25, 0.3) is 0 Å². The Morgan fingerprint density at radius 2 is 2.12 bits per heavy atom. The second kappa shape index (κ2) is 6.77. The Balaban J connectivity index is 3.05. The summed E-state index contributed by atoms with van der Waals surface area (Å²) in [6.45, 7) is 7.00. The van der Waals surface area contributed by atoms with Gasteiger partial charge in [-0.25, -0.2) is 4.99 Å². The quantitative estimate of drug-likeness (QED) is 0.558. The van der Waals surface area contributed by atoms with Crippen LogP contribution in [-0.4, -0.2) is 31.5 Å². The molecule has 0 amide bonds. The van der Waals surface area contributed by atoms with E-state index in [9.17, 15) is 4.79 Å². The number of allylic oxidation sites excluding steroid dienone is 2. The van der Waals surface area contributed by atoms with Crippen molar-refractivity contribution in [3.8, 4) is 0 Å². The van der Waals surface area contributed by atoms with Crippen molar-refractivity contribution in [1.82, 2.24) is 0 Å². The summed E-state index contributed by atoms with van der Waals surface area (Å²) in [6.07, 6.45) is 8.15. The van der Waals surface area contributed by atoms with Crippen LogP contribution in [0.1, 0.15) is 19.8 Å². The van der Waals surface area contributed by atoms with Gasteiger partial charge in [0.15, 0.2) is 0 Å². The summed E-state index contributed by atoms with van der Waals surface area (Å²) in [6, 6.07) is 0. The molecule has 1 fully saturated rings. The maximum Gasteiger partial charge on any atom is 0.132 e. The van der Waals surface area contributed by atoms with Crippen LogP contribution in [0.2, 0.25) is 0 Å². The monoisotopic (exact) mass is 253 g/mol. The minimum Gasteiger partial charge on any atom is -0.381 e. The van der Waals surface area contributed by atoms with Gasteiger partial charge in [0.2, 0.25) is 0 Å². The zero-order valence-electron chi connectivity index (χ0n) is 10.4. The first kappa shape index (κ1) is 14.2. The van der Waals surface area contributed by atoms with Crippen LogP contribution >= 0.6 is 11.8 Å². The largest absolute Gasteiger partial charge is 0.381 e. The third kappa shape index (κ3) is 3.54. The molecule has 0 spiro atoms. The van der Waals surface area contributed by atoms with E-state index in [0.29, 0.717) is 26.1 Å². The van der Waals surface area contributed by atoms with Crippen molar-refractivity contribution in [3.63, 3.8) is 0 Å². The van der Waals surface area contributed by atoms with Crippen molar-refractivity contribution in [2.24, 2.45) is 10.4 Å². The number of rotatable bonds is 5. The van der Waals surface area contributed by atoms with Gasteiger partial charge >= 0.3 is 0 Å². The maximum absolute atomic E-state index is 11.5. The highest BCUT2D eigenvalue weighted by Crippen LogP contribution is 2.32. The third-order valence-electron chi connectivity index (χ3n) is 2.93. The van der Waals surface area contributed by atoms with Gasteiger partial charge in [0.1, 0.15) is 6.29 Å². The minimum absolute atomic E-state index is 0.497. The molecule has 0 saturated carbocycles. The van der Waals surface area contributed by atoms with E-state index in [1.165, 1.54) is 11.8 Å². The minimum atomic E-state index is -0.497. The topological polar surface area (TPSA) is 38.7 Å². The molecule has 0 aromatic carbocycles. The Kier molecular flexibility index (Phi) is 5.65. The summed E-state index contributed by atoms with van der Waals surface area (Å²) in [5, 5.41) is 0.728. The first-order valence-corrected chi connectivity index (χ1v) is 6.90. The van der Waals surface area contributed by atoms with Gasteiger partial charge in [0.05, 0.1) is 16.2 Å². The van der Waals surface area contributed by atoms with Crippen LogP contribution in [0.4, 0.5) is 0 Å². The number of nitrogens with zero attached hydrogens (tertiary/aromatic N) is 1. The van der Waals surface area contributed by atoms with Gasteiger partial charge < -0.3 is 9.53 Å². The predicted octanol–water partition coefficient (Wildman–Crippen LogP) is 2.83. The molecule has 0 N–H and O–H groups in total. The van der Waals surface area contributed by atoms with Crippen LogP contribution in [0.3, 0.4) is 0 Å². The predicted molar refractivity (Wildman–Crippen MR) is 73.5 cm³/mol. The average Bonchev–Trinajstić information content (AvgIpc) is 2.38. The van der Waals surface area contributed by atoms with Crippen molar-refractivity contribution in [1.29, 1.82) is 0 Å². The van der Waals surface area contributed by atoms with E-state index in [1.807, 2.05) is 25.3 Å². The number of carbonyl (C=O) groups excluding carboxylic acids is 1. The Bertz CT molecular complexity index is 341. The van der Waals surface area contributed by atoms with Gasteiger partial charge in [0, 0.05) is 13.2 Å². The normalized spacial score (nSPS) is 20.5. The molecule has 1 aliphatic heterocycles. The summed E-state index contributed by atoms with van der Waals surface area (Å²) >= 11 is 1.49. The van der Waals surface area contributed by atoms with Gasteiger partial charge in [-0.2, -0.15) is 0 Å². The molecular weight excluding hydrogens is 234 g/mol. The Morgan fingerprint density at radius 3 is 2.59 bits per heavy atom. The second-order valence-electron chi connectivity index (χ2n) is 3.98. The van der Waals surface area contributed by atoms with Crippen molar-refractivity contribution >= 4 is 23.8 Å². The molecule has 0 unspecified atom stereocenters. The van der Waals surface area contributed by atoms with Crippen molar-refractivity contribution < 1.29 is 9.53 Å². The van der Waals surface area contributed by atoms with Crippen LogP contribution in [0.5, 0.6) is 0 Å². The smallest absolute Gasteiger partial charge is 0.132 e. The summed E-state index contributed by atoms with van der Waals surface area (Å²) in [4.78, 5) is 15.9. The molecule has 1 heterocycles. The fourth-order valence-electron chi connectivity index (χ4n) is 1.82. The fraction of sp³-hybridized carbons (Fsp3) is 0.538. The summed E-state index contributed by atoms with van der Waals surface area (Å²) in [7, 11) is 0. The highest BCUT2D eigenvalue weighted by Gasteiger charge is 2.36. The van der Waals surface area contributed by atoms with E-state index >= 15 is 0 Å². The molecule has 0 atom stereocenters. The number of carbonyl (C=O) groups is 1. The molecule has 4 heteroatoms. The van der Waals surface area contributed by atoms with E-state index in [2.05, 4.69) is 11.6 Å². The van der Waals surface area contributed by atoms with Crippen molar-refractivity contribution in [3.05, 3.63) is 23.8 Å². The lowest BCUT2D eigenvalue weighted by Crippen LogP contribution is -2.38. The molecule has 0 bridgehead atoms. The highest BCUT2D eigenvalue weighted by molar-refractivity contribution is 8.02. The maximum atomic E-state index is 11.5. The Labute approximate surface area is 107 Å². The lowest BCUT2D eigenvalue weighted by Gasteiger charge is -2.32. The Morgan fingerprint density at radius 1 is 1.47 bits per heavy atom. The third-order valence-corrected chi connectivity index (χ3v) is 3.49. The number of aldehydes is 1. The molecule has 0 aromatic heterocycles. The van der Waals surface area contributed by atoms with Gasteiger partial charge in [-0.1, -0.05) is 12.7 Å². The fourth-order valence-corrected chi connectivity index (χ4v) is 2.01. The summed E-state index contributed by atoms with van der Waals surface area (Å²) < 4.78 is 5.32. The molecular formula is C13H19NO2S. The van der Waals surface area contributed by atoms with Crippen LogP contribution in [0, 0.1) is 5.41 Å².